The van der Waals surface area contributed by atoms with Gasteiger partial charge in [0.05, 0.1) is 31.3 Å². The molecule has 6 heteroatoms. The van der Waals surface area contributed by atoms with Crippen LogP contribution in [0.4, 0.5) is 0 Å². The van der Waals surface area contributed by atoms with Crippen LogP contribution in [-0.2, 0) is 0 Å². The zero-order chi connectivity index (χ0) is 15.2. The third-order valence-corrected chi connectivity index (χ3v) is 3.27. The summed E-state index contributed by atoms with van der Waals surface area (Å²) >= 11 is 5.88. The van der Waals surface area contributed by atoms with Gasteiger partial charge in [0.15, 0.2) is 0 Å². The molecule has 0 spiro atoms. The van der Waals surface area contributed by atoms with Gasteiger partial charge in [0, 0.05) is 17.1 Å². The largest absolute Gasteiger partial charge is 0.496 e. The van der Waals surface area contributed by atoms with Gasteiger partial charge in [-0.25, -0.2) is 0 Å². The van der Waals surface area contributed by atoms with Crippen LogP contribution in [0.25, 0.3) is 0 Å². The molecule has 0 aliphatic rings. The number of hydrogen-bond acceptors (Lipinski definition) is 4. The molecule has 1 aromatic carbocycles. The number of carbonyl (C=O) groups excluding carboxylic acids is 1. The van der Waals surface area contributed by atoms with E-state index in [2.05, 4.69) is 5.32 Å². The van der Waals surface area contributed by atoms with Gasteiger partial charge in [0.1, 0.15) is 5.75 Å². The van der Waals surface area contributed by atoms with Crippen LogP contribution in [-0.4, -0.2) is 24.7 Å². The fourth-order valence-corrected chi connectivity index (χ4v) is 2.08. The van der Waals surface area contributed by atoms with Gasteiger partial charge < -0.3 is 19.6 Å². The molecule has 2 rings (SSSR count). The third-order valence-electron chi connectivity index (χ3n) is 3.04. The maximum Gasteiger partial charge on any atom is 0.255 e. The second-order valence-electron chi connectivity index (χ2n) is 4.46. The Balaban J connectivity index is 1.91. The molecule has 0 saturated carbocycles. The first-order valence-electron chi connectivity index (χ1n) is 6.43. The van der Waals surface area contributed by atoms with Crippen molar-refractivity contribution in [3.8, 4) is 5.75 Å². The van der Waals surface area contributed by atoms with E-state index in [4.69, 9.17) is 20.8 Å². The summed E-state index contributed by atoms with van der Waals surface area (Å²) in [6, 6.07) is 6.52. The monoisotopic (exact) mass is 309 g/mol. The zero-order valence-corrected chi connectivity index (χ0v) is 12.3. The van der Waals surface area contributed by atoms with Crippen molar-refractivity contribution >= 4 is 17.5 Å². The number of nitrogens with one attached hydrogen (secondary N) is 1. The Labute approximate surface area is 127 Å². The summed E-state index contributed by atoms with van der Waals surface area (Å²) < 4.78 is 10.0. The highest BCUT2D eigenvalue weighted by molar-refractivity contribution is 6.31. The Bertz CT molecular complexity index is 598. The Morgan fingerprint density at radius 2 is 2.29 bits per heavy atom. The van der Waals surface area contributed by atoms with Gasteiger partial charge in [-0.1, -0.05) is 11.6 Å². The van der Waals surface area contributed by atoms with Crippen LogP contribution >= 0.6 is 11.6 Å². The summed E-state index contributed by atoms with van der Waals surface area (Å²) in [4.78, 5) is 12.1. The fraction of sp³-hybridized carbons (Fsp3) is 0.267. The molecule has 0 bridgehead atoms. The maximum absolute atomic E-state index is 12.1. The van der Waals surface area contributed by atoms with Gasteiger partial charge in [-0.15, -0.1) is 0 Å². The summed E-state index contributed by atoms with van der Waals surface area (Å²) in [6.45, 7) is 0.320. The summed E-state index contributed by atoms with van der Waals surface area (Å²) in [7, 11) is 1.49. The number of aliphatic hydroxyl groups excluding tert-OH is 1. The van der Waals surface area contributed by atoms with Crippen molar-refractivity contribution in [2.75, 3.05) is 13.7 Å². The smallest absolute Gasteiger partial charge is 0.255 e. The Hall–Kier alpha value is -1.98. The third kappa shape index (κ3) is 4.00. The molecule has 1 aromatic heterocycles. The number of amides is 1. The topological polar surface area (TPSA) is 71.7 Å². The molecule has 0 radical (unpaired) electrons. The number of furan rings is 1. The molecular formula is C15H16ClNO4. The summed E-state index contributed by atoms with van der Waals surface area (Å²) in [5, 5.41) is 13.1. The molecule has 1 amide bonds. The second-order valence-corrected chi connectivity index (χ2v) is 4.90. The molecular weight excluding hydrogens is 294 g/mol. The standard InChI is InChI=1S/C15H16ClNO4/c1-20-14-3-2-11(16)8-12(14)15(19)17-6-4-13(18)10-5-7-21-9-10/h2-3,5,7-9,13,18H,4,6H2,1H3,(H,17,19)/t13-/m1/s1. The van der Waals surface area contributed by atoms with Crippen LogP contribution in [0.3, 0.4) is 0 Å². The lowest BCUT2D eigenvalue weighted by molar-refractivity contribution is 0.0939. The van der Waals surface area contributed by atoms with Gasteiger partial charge in [0.2, 0.25) is 0 Å². The molecule has 0 fully saturated rings. The number of carbonyl (C=O) groups is 1. The number of methoxy groups -OCH3 is 1. The van der Waals surface area contributed by atoms with Gasteiger partial charge in [0.25, 0.3) is 5.91 Å². The van der Waals surface area contributed by atoms with Crippen LogP contribution < -0.4 is 10.1 Å². The Morgan fingerprint density at radius 1 is 1.48 bits per heavy atom. The molecule has 2 aromatic rings. The quantitative estimate of drug-likeness (QED) is 0.860. The van der Waals surface area contributed by atoms with Gasteiger partial charge >= 0.3 is 0 Å². The molecule has 0 aliphatic heterocycles. The molecule has 21 heavy (non-hydrogen) atoms. The maximum atomic E-state index is 12.1. The Morgan fingerprint density at radius 3 is 2.95 bits per heavy atom. The average Bonchev–Trinajstić information content (AvgIpc) is 3.01. The van der Waals surface area contributed by atoms with Crippen LogP contribution in [0, 0.1) is 0 Å². The number of benzene rings is 1. The van der Waals surface area contributed by atoms with E-state index in [1.54, 1.807) is 24.3 Å². The summed E-state index contributed by atoms with van der Waals surface area (Å²) in [5.74, 6) is 0.154. The number of ether oxygens (including phenoxy) is 1. The van der Waals surface area contributed by atoms with Crippen LogP contribution in [0.5, 0.6) is 5.75 Å². The van der Waals surface area contributed by atoms with E-state index >= 15 is 0 Å². The Kier molecular flexibility index (Phi) is 5.25. The van der Waals surface area contributed by atoms with Crippen LogP contribution in [0.2, 0.25) is 5.02 Å². The minimum atomic E-state index is -0.676. The summed E-state index contributed by atoms with van der Waals surface area (Å²) in [5.41, 5.74) is 1.05. The molecule has 0 unspecified atom stereocenters. The second kappa shape index (κ2) is 7.15. The number of hydrogen-bond donors (Lipinski definition) is 2. The first-order chi connectivity index (χ1) is 10.1. The first-order valence-corrected chi connectivity index (χ1v) is 6.81. The summed E-state index contributed by atoms with van der Waals surface area (Å²) in [6.07, 6.45) is 2.68. The molecule has 5 nitrogen and oxygen atoms in total. The SMILES string of the molecule is COc1ccc(Cl)cc1C(=O)NCC[C@@H](O)c1ccoc1. The van der Waals surface area contributed by atoms with E-state index in [-0.39, 0.29) is 5.91 Å². The van der Waals surface area contributed by atoms with E-state index in [1.807, 2.05) is 0 Å². The lowest BCUT2D eigenvalue weighted by Gasteiger charge is -2.11. The number of rotatable bonds is 6. The highest BCUT2D eigenvalue weighted by atomic mass is 35.5. The van der Waals surface area contributed by atoms with E-state index < -0.39 is 6.10 Å². The van der Waals surface area contributed by atoms with Crippen molar-refractivity contribution in [1.29, 1.82) is 0 Å². The molecule has 0 aliphatic carbocycles. The van der Waals surface area contributed by atoms with Crippen molar-refractivity contribution in [3.05, 3.63) is 52.9 Å². The zero-order valence-electron chi connectivity index (χ0n) is 11.5. The van der Waals surface area contributed by atoms with Crippen molar-refractivity contribution in [1.82, 2.24) is 5.32 Å². The molecule has 1 heterocycles. The highest BCUT2D eigenvalue weighted by Crippen LogP contribution is 2.22. The van der Waals surface area contributed by atoms with E-state index in [0.717, 1.165) is 0 Å². The van der Waals surface area contributed by atoms with Crippen LogP contribution in [0.1, 0.15) is 28.4 Å². The number of halogens is 1. The van der Waals surface area contributed by atoms with Gasteiger partial charge in [-0.2, -0.15) is 0 Å². The average molecular weight is 310 g/mol. The fourth-order valence-electron chi connectivity index (χ4n) is 1.91. The van der Waals surface area contributed by atoms with Gasteiger partial charge in [-0.3, -0.25) is 4.79 Å². The van der Waals surface area contributed by atoms with Crippen molar-refractivity contribution < 1.29 is 19.1 Å². The minimum Gasteiger partial charge on any atom is -0.496 e. The van der Waals surface area contributed by atoms with Crippen molar-refractivity contribution in [3.63, 3.8) is 0 Å². The lowest BCUT2D eigenvalue weighted by atomic mass is 10.1. The molecule has 1 atom stereocenters. The molecule has 0 saturated heterocycles. The van der Waals surface area contributed by atoms with Gasteiger partial charge in [-0.05, 0) is 30.7 Å². The van der Waals surface area contributed by atoms with Crippen molar-refractivity contribution in [2.45, 2.75) is 12.5 Å². The molecule has 2 N–H and O–H groups in total. The predicted molar refractivity (Wildman–Crippen MR) is 78.6 cm³/mol. The lowest BCUT2D eigenvalue weighted by Crippen LogP contribution is -2.26. The normalized spacial score (nSPS) is 12.0. The van der Waals surface area contributed by atoms with E-state index in [0.29, 0.717) is 34.9 Å². The first kappa shape index (κ1) is 15.4. The van der Waals surface area contributed by atoms with Crippen LogP contribution in [0.15, 0.2) is 41.2 Å². The molecule has 112 valence electrons. The predicted octanol–water partition coefficient (Wildman–Crippen LogP) is 2.80. The minimum absolute atomic E-state index is 0.297. The highest BCUT2D eigenvalue weighted by Gasteiger charge is 2.14. The van der Waals surface area contributed by atoms with E-state index in [1.165, 1.54) is 19.6 Å². The number of aliphatic hydroxyl groups is 1. The van der Waals surface area contributed by atoms with Crippen molar-refractivity contribution in [2.24, 2.45) is 0 Å². The van der Waals surface area contributed by atoms with E-state index in [9.17, 15) is 9.90 Å².